The Morgan fingerprint density at radius 3 is 2.33 bits per heavy atom. The van der Waals surface area contributed by atoms with Crippen molar-refractivity contribution in [1.29, 1.82) is 0 Å². The molecule has 2 rings (SSSR count). The maximum Gasteiger partial charge on any atom is 0.270 e. The van der Waals surface area contributed by atoms with E-state index in [1.165, 1.54) is 0 Å². The summed E-state index contributed by atoms with van der Waals surface area (Å²) in [6.07, 6.45) is 0. The molecule has 124 valence electrons. The summed E-state index contributed by atoms with van der Waals surface area (Å²) in [5, 5.41) is 2.55. The second-order valence-corrected chi connectivity index (χ2v) is 7.54. The van der Waals surface area contributed by atoms with Crippen LogP contribution in [-0.2, 0) is 0 Å². The summed E-state index contributed by atoms with van der Waals surface area (Å²) >= 11 is 9.27. The molecule has 0 saturated carbocycles. The van der Waals surface area contributed by atoms with Crippen LogP contribution in [0.5, 0.6) is 0 Å². The van der Waals surface area contributed by atoms with Gasteiger partial charge in [0.1, 0.15) is 0 Å². The van der Waals surface area contributed by atoms with Crippen molar-refractivity contribution in [3.8, 4) is 0 Å². The van der Waals surface area contributed by atoms with Gasteiger partial charge < -0.3 is 0 Å². The molecule has 0 aliphatic rings. The van der Waals surface area contributed by atoms with Crippen molar-refractivity contribution >= 4 is 74.3 Å². The Balaban J connectivity index is 1.91. The van der Waals surface area contributed by atoms with Crippen LogP contribution in [0.1, 0.15) is 26.3 Å². The fourth-order valence-corrected chi connectivity index (χ4v) is 3.06. The molecule has 2 amide bonds. The fourth-order valence-electron chi connectivity index (χ4n) is 1.77. The molecule has 0 aromatic heterocycles. The largest absolute Gasteiger partial charge is 0.298 e. The summed E-state index contributed by atoms with van der Waals surface area (Å²) in [5.41, 5.74) is 7.11. The third-order valence-corrected chi connectivity index (χ3v) is 5.38. The van der Waals surface area contributed by atoms with E-state index in [1.54, 1.807) is 24.3 Å². The number of thiocarbonyl (C=S) groups is 1. The highest BCUT2D eigenvalue weighted by atomic mass is 127. The fraction of sp³-hybridized carbons (Fsp3) is 0.0625. The van der Waals surface area contributed by atoms with Crippen LogP contribution < -0.4 is 16.2 Å². The van der Waals surface area contributed by atoms with Crippen LogP contribution in [0, 0.1) is 14.1 Å². The number of hydrazine groups is 1. The molecule has 0 aliphatic heterocycles. The Hall–Kier alpha value is -1.27. The van der Waals surface area contributed by atoms with Gasteiger partial charge in [0.25, 0.3) is 11.8 Å². The molecule has 0 atom stereocenters. The maximum atomic E-state index is 12.1. The van der Waals surface area contributed by atoms with E-state index in [0.29, 0.717) is 11.1 Å². The van der Waals surface area contributed by atoms with Gasteiger partial charge in [-0.1, -0.05) is 18.2 Å². The van der Waals surface area contributed by atoms with E-state index < -0.39 is 0 Å². The lowest BCUT2D eigenvalue weighted by atomic mass is 10.1. The summed E-state index contributed by atoms with van der Waals surface area (Å²) in [6, 6.07) is 12.5. The zero-order chi connectivity index (χ0) is 17.7. The first-order chi connectivity index (χ1) is 11.4. The molecule has 0 heterocycles. The molecule has 0 unspecified atom stereocenters. The Labute approximate surface area is 172 Å². The summed E-state index contributed by atoms with van der Waals surface area (Å²) in [5.74, 6) is -0.671. The van der Waals surface area contributed by atoms with Crippen molar-refractivity contribution in [1.82, 2.24) is 16.2 Å². The summed E-state index contributed by atoms with van der Waals surface area (Å²) in [6.45, 7) is 1.97. The van der Waals surface area contributed by atoms with Gasteiger partial charge in [-0.05, 0) is 94.2 Å². The number of rotatable bonds is 2. The smallest absolute Gasteiger partial charge is 0.270 e. The molecule has 8 heteroatoms. The lowest BCUT2D eigenvalue weighted by Gasteiger charge is -2.12. The normalized spacial score (nSPS) is 9.96. The highest BCUT2D eigenvalue weighted by Crippen LogP contribution is 2.13. The molecule has 0 saturated heterocycles. The van der Waals surface area contributed by atoms with Crippen molar-refractivity contribution in [3.05, 3.63) is 66.3 Å². The number of nitrogens with one attached hydrogen (secondary N) is 3. The number of carbonyl (C=O) groups is 2. The molecule has 0 radical (unpaired) electrons. The van der Waals surface area contributed by atoms with Crippen molar-refractivity contribution in [3.63, 3.8) is 0 Å². The van der Waals surface area contributed by atoms with Crippen molar-refractivity contribution in [2.24, 2.45) is 0 Å². The van der Waals surface area contributed by atoms with Crippen molar-refractivity contribution in [2.75, 3.05) is 0 Å². The van der Waals surface area contributed by atoms with Crippen molar-refractivity contribution < 1.29 is 9.59 Å². The lowest BCUT2D eigenvalue weighted by molar-refractivity contribution is 0.0934. The summed E-state index contributed by atoms with van der Waals surface area (Å²) < 4.78 is 1.81. The Morgan fingerprint density at radius 2 is 1.67 bits per heavy atom. The minimum atomic E-state index is -0.339. The minimum Gasteiger partial charge on any atom is -0.298 e. The molecule has 2 aromatic carbocycles. The second-order valence-electron chi connectivity index (χ2n) is 4.81. The number of hydrogen-bond donors (Lipinski definition) is 3. The first kappa shape index (κ1) is 19.1. The number of hydrogen-bond acceptors (Lipinski definition) is 3. The van der Waals surface area contributed by atoms with E-state index in [1.807, 2.05) is 25.1 Å². The molecule has 24 heavy (non-hydrogen) atoms. The third-order valence-electron chi connectivity index (χ3n) is 3.07. The van der Waals surface area contributed by atoms with Crippen LogP contribution in [0.2, 0.25) is 0 Å². The molecule has 5 nitrogen and oxygen atoms in total. The van der Waals surface area contributed by atoms with Crippen LogP contribution in [-0.4, -0.2) is 16.9 Å². The summed E-state index contributed by atoms with van der Waals surface area (Å²) in [7, 11) is 0. The molecule has 2 aromatic rings. The number of aryl methyl sites for hydroxylation is 1. The van der Waals surface area contributed by atoms with E-state index in [4.69, 9.17) is 12.2 Å². The molecular weight excluding hydrogens is 552 g/mol. The zero-order valence-electron chi connectivity index (χ0n) is 12.5. The third kappa shape index (κ3) is 5.11. The van der Waals surface area contributed by atoms with Gasteiger partial charge in [-0.3, -0.25) is 25.8 Å². The van der Waals surface area contributed by atoms with Crippen LogP contribution in [0.4, 0.5) is 0 Å². The number of amides is 2. The average molecular weight is 565 g/mol. The first-order valence-corrected chi connectivity index (χ1v) is 9.37. The topological polar surface area (TPSA) is 70.2 Å². The zero-order valence-corrected chi connectivity index (χ0v) is 17.7. The van der Waals surface area contributed by atoms with Crippen molar-refractivity contribution in [2.45, 2.75) is 6.92 Å². The van der Waals surface area contributed by atoms with E-state index in [2.05, 4.69) is 61.4 Å². The van der Waals surface area contributed by atoms with Gasteiger partial charge in [-0.15, -0.1) is 0 Å². The van der Waals surface area contributed by atoms with Gasteiger partial charge in [0.05, 0.1) is 5.56 Å². The molecule has 0 spiro atoms. The van der Waals surface area contributed by atoms with Gasteiger partial charge in [-0.2, -0.15) is 0 Å². The highest BCUT2D eigenvalue weighted by molar-refractivity contribution is 14.1. The van der Waals surface area contributed by atoms with Gasteiger partial charge >= 0.3 is 0 Å². The van der Waals surface area contributed by atoms with Crippen LogP contribution in [0.3, 0.4) is 0 Å². The SMILES string of the molecule is Cc1ccc(C(=O)NC(=S)NNC(=O)c2ccccc2I)cc1I. The average Bonchev–Trinajstić information content (AvgIpc) is 2.55. The minimum absolute atomic E-state index is 0.0230. The predicted octanol–water partition coefficient (Wildman–Crippen LogP) is 3.15. The summed E-state index contributed by atoms with van der Waals surface area (Å²) in [4.78, 5) is 24.2. The monoisotopic (exact) mass is 565 g/mol. The van der Waals surface area contributed by atoms with Crippen LogP contribution >= 0.6 is 57.4 Å². The van der Waals surface area contributed by atoms with E-state index in [0.717, 1.165) is 12.7 Å². The second kappa shape index (κ2) is 8.72. The molecular formula is C16H13I2N3O2S. The Kier molecular flexibility index (Phi) is 6.92. The van der Waals surface area contributed by atoms with E-state index >= 15 is 0 Å². The van der Waals surface area contributed by atoms with Crippen LogP contribution in [0.25, 0.3) is 0 Å². The predicted molar refractivity (Wildman–Crippen MR) is 114 cm³/mol. The number of halogens is 2. The van der Waals surface area contributed by atoms with Gasteiger partial charge in [0.15, 0.2) is 5.11 Å². The van der Waals surface area contributed by atoms with Crippen LogP contribution in [0.15, 0.2) is 42.5 Å². The molecule has 0 bridgehead atoms. The van der Waals surface area contributed by atoms with Gasteiger partial charge in [0.2, 0.25) is 0 Å². The number of benzene rings is 2. The molecule has 3 N–H and O–H groups in total. The highest BCUT2D eigenvalue weighted by Gasteiger charge is 2.11. The van der Waals surface area contributed by atoms with Gasteiger partial charge in [-0.25, -0.2) is 0 Å². The van der Waals surface area contributed by atoms with E-state index in [9.17, 15) is 9.59 Å². The molecule has 0 fully saturated rings. The first-order valence-electron chi connectivity index (χ1n) is 6.81. The Bertz CT molecular complexity index is 812. The lowest BCUT2D eigenvalue weighted by Crippen LogP contribution is -2.48. The van der Waals surface area contributed by atoms with Gasteiger partial charge in [0, 0.05) is 12.7 Å². The molecule has 0 aliphatic carbocycles. The number of carbonyl (C=O) groups excluding carboxylic acids is 2. The standard InChI is InChI=1S/C16H13I2N3O2S/c1-9-6-7-10(8-13(9)18)14(22)19-16(24)21-20-15(23)11-4-2-3-5-12(11)17/h2-8H,1H3,(H,20,23)(H2,19,21,22,24). The van der Waals surface area contributed by atoms with E-state index in [-0.39, 0.29) is 16.9 Å². The Morgan fingerprint density at radius 1 is 0.958 bits per heavy atom. The maximum absolute atomic E-state index is 12.1. The quantitative estimate of drug-likeness (QED) is 0.298.